The summed E-state index contributed by atoms with van der Waals surface area (Å²) in [5.41, 5.74) is 0.613. The van der Waals surface area contributed by atoms with Gasteiger partial charge < -0.3 is 24.4 Å². The minimum atomic E-state index is -1.10. The number of hydrogen-bond donors (Lipinski definition) is 1. The monoisotopic (exact) mass is 348 g/mol. The van der Waals surface area contributed by atoms with Crippen LogP contribution in [0, 0.1) is 5.92 Å². The van der Waals surface area contributed by atoms with Crippen LogP contribution in [0.1, 0.15) is 6.42 Å². The normalized spacial score (nSPS) is 23.6. The zero-order valence-corrected chi connectivity index (χ0v) is 13.9. The van der Waals surface area contributed by atoms with Crippen LogP contribution in [-0.4, -0.2) is 67.2 Å². The molecule has 0 aliphatic carbocycles. The third kappa shape index (κ3) is 3.30. The highest BCUT2D eigenvalue weighted by atomic mass is 16.5. The molecule has 0 unspecified atom stereocenters. The van der Waals surface area contributed by atoms with Crippen molar-refractivity contribution in [2.45, 2.75) is 12.5 Å². The topological polar surface area (TPSA) is 96.4 Å². The van der Waals surface area contributed by atoms with Gasteiger partial charge in [0.2, 0.25) is 11.8 Å². The molecule has 0 bridgehead atoms. The highest BCUT2D eigenvalue weighted by molar-refractivity contribution is 6.01. The first-order valence-corrected chi connectivity index (χ1v) is 8.07. The lowest BCUT2D eigenvalue weighted by atomic mass is 10.1. The highest BCUT2D eigenvalue weighted by Crippen LogP contribution is 2.33. The molecular weight excluding hydrogens is 328 g/mol. The first-order valence-electron chi connectivity index (χ1n) is 8.07. The van der Waals surface area contributed by atoms with Crippen LogP contribution >= 0.6 is 0 Å². The molecule has 8 heteroatoms. The number of carbonyl (C=O) groups is 3. The summed E-state index contributed by atoms with van der Waals surface area (Å²) in [4.78, 5) is 39.4. The number of ether oxygens (including phenoxy) is 2. The van der Waals surface area contributed by atoms with Gasteiger partial charge in [0.25, 0.3) is 0 Å². The SMILES string of the molecule is COc1ccccc1N1C[C@@H](C(=O)N2CCOC[C@@H]2C(=O)O)CC1=O. The molecule has 2 aliphatic rings. The summed E-state index contributed by atoms with van der Waals surface area (Å²) < 4.78 is 10.4. The van der Waals surface area contributed by atoms with Crippen LogP contribution in [0.5, 0.6) is 5.75 Å². The molecule has 0 saturated carbocycles. The van der Waals surface area contributed by atoms with Gasteiger partial charge in [-0.1, -0.05) is 12.1 Å². The fourth-order valence-electron chi connectivity index (χ4n) is 3.27. The number of nitrogens with zero attached hydrogens (tertiary/aromatic N) is 2. The third-order valence-electron chi connectivity index (χ3n) is 4.55. The number of benzene rings is 1. The Kier molecular flexibility index (Phi) is 4.89. The van der Waals surface area contributed by atoms with Crippen LogP contribution in [0.15, 0.2) is 24.3 Å². The Labute approximate surface area is 144 Å². The van der Waals surface area contributed by atoms with Crippen LogP contribution in [0.4, 0.5) is 5.69 Å². The van der Waals surface area contributed by atoms with E-state index in [1.165, 1.54) is 16.9 Å². The maximum absolute atomic E-state index is 12.8. The van der Waals surface area contributed by atoms with Gasteiger partial charge in [0.1, 0.15) is 5.75 Å². The minimum absolute atomic E-state index is 0.0298. The molecule has 2 fully saturated rings. The van der Waals surface area contributed by atoms with Crippen molar-refractivity contribution in [2.24, 2.45) is 5.92 Å². The molecule has 0 radical (unpaired) electrons. The quantitative estimate of drug-likeness (QED) is 0.844. The number of carboxylic acid groups (broad SMARTS) is 1. The molecule has 1 N–H and O–H groups in total. The van der Waals surface area contributed by atoms with Crippen LogP contribution in [0.2, 0.25) is 0 Å². The molecule has 2 saturated heterocycles. The van der Waals surface area contributed by atoms with Gasteiger partial charge in [0.05, 0.1) is 31.9 Å². The second-order valence-electron chi connectivity index (χ2n) is 6.04. The average molecular weight is 348 g/mol. The van der Waals surface area contributed by atoms with Crippen LogP contribution in [-0.2, 0) is 19.1 Å². The zero-order valence-electron chi connectivity index (χ0n) is 13.9. The van der Waals surface area contributed by atoms with Gasteiger partial charge in [-0.15, -0.1) is 0 Å². The summed E-state index contributed by atoms with van der Waals surface area (Å²) in [6.07, 6.45) is 0.0561. The predicted molar refractivity (Wildman–Crippen MR) is 87.4 cm³/mol. The van der Waals surface area contributed by atoms with Crippen LogP contribution < -0.4 is 9.64 Å². The largest absolute Gasteiger partial charge is 0.495 e. The molecule has 8 nitrogen and oxygen atoms in total. The number of hydrogen-bond acceptors (Lipinski definition) is 5. The Bertz CT molecular complexity index is 691. The van der Waals surface area contributed by atoms with Crippen molar-refractivity contribution in [3.8, 4) is 5.75 Å². The van der Waals surface area contributed by atoms with E-state index in [0.29, 0.717) is 18.0 Å². The van der Waals surface area contributed by atoms with E-state index in [0.717, 1.165) is 0 Å². The Balaban J connectivity index is 1.77. The molecule has 2 amide bonds. The van der Waals surface area contributed by atoms with E-state index >= 15 is 0 Å². The van der Waals surface area contributed by atoms with E-state index in [1.54, 1.807) is 24.3 Å². The van der Waals surface area contributed by atoms with E-state index in [1.807, 2.05) is 0 Å². The lowest BCUT2D eigenvalue weighted by Crippen LogP contribution is -2.54. The molecule has 0 aromatic heterocycles. The average Bonchev–Trinajstić information content (AvgIpc) is 3.02. The fraction of sp³-hybridized carbons (Fsp3) is 0.471. The lowest BCUT2D eigenvalue weighted by molar-refractivity contribution is -0.160. The fourth-order valence-corrected chi connectivity index (χ4v) is 3.27. The lowest BCUT2D eigenvalue weighted by Gasteiger charge is -2.34. The molecule has 2 heterocycles. The molecule has 1 aromatic rings. The van der Waals surface area contributed by atoms with Crippen molar-refractivity contribution in [1.29, 1.82) is 0 Å². The van der Waals surface area contributed by atoms with Gasteiger partial charge in [0.15, 0.2) is 6.04 Å². The maximum Gasteiger partial charge on any atom is 0.328 e. The van der Waals surface area contributed by atoms with Crippen molar-refractivity contribution in [3.63, 3.8) is 0 Å². The summed E-state index contributed by atoms with van der Waals surface area (Å²) in [6.45, 7) is 0.696. The standard InChI is InChI=1S/C17H20N2O6/c1-24-14-5-3-2-4-12(14)19-9-11(8-15(19)20)16(21)18-6-7-25-10-13(18)17(22)23/h2-5,11,13H,6-10H2,1H3,(H,22,23)/t11-,13+/m0/s1. The molecule has 2 atom stereocenters. The van der Waals surface area contributed by atoms with Crippen molar-refractivity contribution >= 4 is 23.5 Å². The summed E-state index contributed by atoms with van der Waals surface area (Å²) in [5, 5.41) is 9.28. The van der Waals surface area contributed by atoms with Crippen molar-refractivity contribution in [1.82, 2.24) is 4.90 Å². The van der Waals surface area contributed by atoms with Crippen LogP contribution in [0.25, 0.3) is 0 Å². The number of amides is 2. The Morgan fingerprint density at radius 3 is 2.80 bits per heavy atom. The minimum Gasteiger partial charge on any atom is -0.495 e. The molecule has 25 heavy (non-hydrogen) atoms. The summed E-state index contributed by atoms with van der Waals surface area (Å²) in [6, 6.07) is 6.11. The number of carbonyl (C=O) groups excluding carboxylic acids is 2. The van der Waals surface area contributed by atoms with Gasteiger partial charge in [-0.3, -0.25) is 9.59 Å². The number of aliphatic carboxylic acids is 1. The zero-order chi connectivity index (χ0) is 18.0. The smallest absolute Gasteiger partial charge is 0.328 e. The van der Waals surface area contributed by atoms with E-state index in [-0.39, 0.29) is 37.9 Å². The van der Waals surface area contributed by atoms with E-state index in [4.69, 9.17) is 9.47 Å². The predicted octanol–water partition coefficient (Wildman–Crippen LogP) is 0.360. The van der Waals surface area contributed by atoms with Gasteiger partial charge in [0, 0.05) is 19.5 Å². The van der Waals surface area contributed by atoms with Crippen molar-refractivity contribution in [3.05, 3.63) is 24.3 Å². The number of morpholine rings is 1. The Hall–Kier alpha value is -2.61. The molecule has 2 aliphatic heterocycles. The number of rotatable bonds is 4. The Morgan fingerprint density at radius 2 is 2.08 bits per heavy atom. The second kappa shape index (κ2) is 7.10. The number of para-hydroxylation sites is 2. The molecule has 134 valence electrons. The Morgan fingerprint density at radius 1 is 1.32 bits per heavy atom. The van der Waals surface area contributed by atoms with Gasteiger partial charge in [-0.25, -0.2) is 4.79 Å². The van der Waals surface area contributed by atoms with Gasteiger partial charge in [-0.2, -0.15) is 0 Å². The van der Waals surface area contributed by atoms with Gasteiger partial charge in [-0.05, 0) is 12.1 Å². The highest BCUT2D eigenvalue weighted by Gasteiger charge is 2.42. The van der Waals surface area contributed by atoms with Crippen LogP contribution in [0.3, 0.4) is 0 Å². The van der Waals surface area contributed by atoms with E-state index < -0.39 is 17.9 Å². The number of anilines is 1. The summed E-state index contributed by atoms with van der Waals surface area (Å²) in [7, 11) is 1.52. The van der Waals surface area contributed by atoms with E-state index in [2.05, 4.69) is 0 Å². The van der Waals surface area contributed by atoms with E-state index in [9.17, 15) is 19.5 Å². The molecular formula is C17H20N2O6. The summed E-state index contributed by atoms with van der Waals surface area (Å²) in [5.74, 6) is -1.61. The van der Waals surface area contributed by atoms with Gasteiger partial charge >= 0.3 is 5.97 Å². The molecule has 0 spiro atoms. The van der Waals surface area contributed by atoms with Crippen molar-refractivity contribution in [2.75, 3.05) is 38.3 Å². The summed E-state index contributed by atoms with van der Waals surface area (Å²) >= 11 is 0. The van der Waals surface area contributed by atoms with Crippen molar-refractivity contribution < 1.29 is 29.0 Å². The molecule has 3 rings (SSSR count). The second-order valence-corrected chi connectivity index (χ2v) is 6.04. The third-order valence-corrected chi connectivity index (χ3v) is 4.55. The number of methoxy groups -OCH3 is 1. The first kappa shape index (κ1) is 17.2. The number of carboxylic acids is 1. The molecule has 1 aromatic carbocycles. The maximum atomic E-state index is 12.8. The first-order chi connectivity index (χ1) is 12.0.